The van der Waals surface area contributed by atoms with Crippen LogP contribution >= 0.6 is 0 Å². The van der Waals surface area contributed by atoms with E-state index < -0.39 is 66.3 Å². The molecule has 220 valence electrons. The molecule has 0 saturated carbocycles. The largest absolute Gasteiger partial charge is 0.445 e. The van der Waals surface area contributed by atoms with E-state index >= 15 is 0 Å². The molecule has 2 N–H and O–H groups in total. The van der Waals surface area contributed by atoms with Gasteiger partial charge in [-0.05, 0) is 18.4 Å². The Morgan fingerprint density at radius 1 is 1.18 bits per heavy atom. The van der Waals surface area contributed by atoms with Crippen LogP contribution in [0.3, 0.4) is 0 Å². The molecule has 0 spiro atoms. The molecule has 14 heteroatoms. The van der Waals surface area contributed by atoms with Crippen molar-refractivity contribution in [1.82, 2.24) is 14.5 Å². The SMILES string of the molecule is CCOCOC[C@H]1O[C@@H](n2cc(F)c(=O)n(COC(=O)[C@H](NC(=O)OCc3ccccc3)C(C)C)c2=O)C[C@@H]1O. The predicted octanol–water partition coefficient (Wildman–Crippen LogP) is 1.26. The fourth-order valence-corrected chi connectivity index (χ4v) is 3.86. The van der Waals surface area contributed by atoms with E-state index in [0.29, 0.717) is 17.4 Å². The summed E-state index contributed by atoms with van der Waals surface area (Å²) in [5.41, 5.74) is -1.60. The van der Waals surface area contributed by atoms with Crippen LogP contribution in [0.15, 0.2) is 46.1 Å². The quantitative estimate of drug-likeness (QED) is 0.205. The maximum absolute atomic E-state index is 14.5. The number of benzene rings is 1. The van der Waals surface area contributed by atoms with Gasteiger partial charge in [-0.15, -0.1) is 0 Å². The molecule has 0 unspecified atom stereocenters. The van der Waals surface area contributed by atoms with E-state index in [0.717, 1.165) is 10.1 Å². The van der Waals surface area contributed by atoms with E-state index in [1.165, 1.54) is 0 Å². The first-order valence-corrected chi connectivity index (χ1v) is 12.8. The van der Waals surface area contributed by atoms with Gasteiger partial charge >= 0.3 is 17.8 Å². The summed E-state index contributed by atoms with van der Waals surface area (Å²) >= 11 is 0. The fourth-order valence-electron chi connectivity index (χ4n) is 3.86. The standard InChI is InChI=1S/C26H34FN3O10/c1-4-36-15-37-13-20-19(31)10-21(40-20)29-11-18(27)23(32)30(26(29)35)14-39-24(33)22(16(2)3)28-25(34)38-12-17-8-6-5-7-9-17/h5-9,11,16,19-22,31H,4,10,12-15H2,1-3H3,(H,28,34)/t19-,20+,21+,22+/m0/s1. The zero-order chi connectivity index (χ0) is 29.2. The number of carbonyl (C=O) groups excluding carboxylic acids is 2. The highest BCUT2D eigenvalue weighted by atomic mass is 19.1. The molecule has 0 radical (unpaired) electrons. The molecule has 2 aromatic rings. The first kappa shape index (κ1) is 30.9. The zero-order valence-corrected chi connectivity index (χ0v) is 22.5. The number of rotatable bonds is 13. The molecule has 4 atom stereocenters. The van der Waals surface area contributed by atoms with Gasteiger partial charge in [0, 0.05) is 13.0 Å². The van der Waals surface area contributed by atoms with Gasteiger partial charge in [-0.2, -0.15) is 4.39 Å². The van der Waals surface area contributed by atoms with Crippen LogP contribution in [-0.2, 0) is 41.8 Å². The molecule has 1 fully saturated rings. The lowest BCUT2D eigenvalue weighted by molar-refractivity contribution is -0.151. The molecule has 1 aromatic carbocycles. The van der Waals surface area contributed by atoms with Crippen molar-refractivity contribution in [2.45, 2.75) is 65.0 Å². The highest BCUT2D eigenvalue weighted by molar-refractivity contribution is 5.81. The number of carbonyl (C=O) groups is 2. The fraction of sp³-hybridized carbons (Fsp3) is 0.538. The Bertz CT molecular complexity index is 1250. The molecule has 1 aliphatic heterocycles. The lowest BCUT2D eigenvalue weighted by Gasteiger charge is -2.21. The molecule has 13 nitrogen and oxygen atoms in total. The Kier molecular flexibility index (Phi) is 11.4. The minimum Gasteiger partial charge on any atom is -0.445 e. The Hall–Kier alpha value is -3.59. The van der Waals surface area contributed by atoms with E-state index in [1.807, 2.05) is 6.07 Å². The van der Waals surface area contributed by atoms with E-state index in [9.17, 15) is 28.7 Å². The number of alkyl carbamates (subject to hydrolysis) is 1. The number of aromatic nitrogens is 2. The minimum absolute atomic E-state index is 0.0183. The average Bonchev–Trinajstić information content (AvgIpc) is 3.30. The van der Waals surface area contributed by atoms with Gasteiger partial charge in [0.15, 0.2) is 6.73 Å². The summed E-state index contributed by atoms with van der Waals surface area (Å²) in [5.74, 6) is -2.71. The molecule has 1 saturated heterocycles. The number of aliphatic hydroxyl groups is 1. The number of ether oxygens (including phenoxy) is 5. The molecule has 0 bridgehead atoms. The average molecular weight is 568 g/mol. The Morgan fingerprint density at radius 3 is 2.58 bits per heavy atom. The van der Waals surface area contributed by atoms with E-state index in [-0.39, 0.29) is 26.4 Å². The number of aliphatic hydroxyl groups excluding tert-OH is 1. The van der Waals surface area contributed by atoms with E-state index in [4.69, 9.17) is 23.7 Å². The number of hydrogen-bond donors (Lipinski definition) is 2. The molecular formula is C26H34FN3O10. The first-order chi connectivity index (χ1) is 19.1. The van der Waals surface area contributed by atoms with Crippen LogP contribution < -0.4 is 16.6 Å². The Balaban J connectivity index is 1.65. The monoisotopic (exact) mass is 567 g/mol. The van der Waals surface area contributed by atoms with Crippen LogP contribution in [0.25, 0.3) is 0 Å². The van der Waals surface area contributed by atoms with Crippen molar-refractivity contribution in [1.29, 1.82) is 0 Å². The summed E-state index contributed by atoms with van der Waals surface area (Å²) in [6, 6.07) is 7.72. The van der Waals surface area contributed by atoms with Crippen LogP contribution in [0.2, 0.25) is 0 Å². The molecule has 3 rings (SSSR count). The third-order valence-electron chi connectivity index (χ3n) is 6.06. The van der Waals surface area contributed by atoms with Crippen LogP contribution in [0, 0.1) is 11.7 Å². The summed E-state index contributed by atoms with van der Waals surface area (Å²) in [7, 11) is 0. The smallest absolute Gasteiger partial charge is 0.408 e. The van der Waals surface area contributed by atoms with Gasteiger partial charge in [-0.1, -0.05) is 44.2 Å². The maximum atomic E-state index is 14.5. The van der Waals surface area contributed by atoms with Crippen molar-refractivity contribution in [3.63, 3.8) is 0 Å². The van der Waals surface area contributed by atoms with Gasteiger partial charge in [-0.25, -0.2) is 19.0 Å². The highest BCUT2D eigenvalue weighted by Crippen LogP contribution is 2.27. The Morgan fingerprint density at radius 2 is 1.90 bits per heavy atom. The molecule has 1 aliphatic rings. The molecular weight excluding hydrogens is 533 g/mol. The predicted molar refractivity (Wildman–Crippen MR) is 136 cm³/mol. The lowest BCUT2D eigenvalue weighted by atomic mass is 10.1. The topological polar surface area (TPSA) is 157 Å². The van der Waals surface area contributed by atoms with E-state index in [1.54, 1.807) is 45.0 Å². The van der Waals surface area contributed by atoms with E-state index in [2.05, 4.69) is 5.32 Å². The second-order valence-electron chi connectivity index (χ2n) is 9.33. The molecule has 40 heavy (non-hydrogen) atoms. The van der Waals surface area contributed by atoms with Gasteiger partial charge in [0.05, 0.1) is 18.9 Å². The number of amides is 1. The number of halogens is 1. The van der Waals surface area contributed by atoms with Gasteiger partial charge in [0.2, 0.25) is 5.82 Å². The minimum atomic E-state index is -1.32. The maximum Gasteiger partial charge on any atom is 0.408 e. The van der Waals surface area contributed by atoms with Crippen molar-refractivity contribution in [3.05, 3.63) is 68.7 Å². The lowest BCUT2D eigenvalue weighted by Crippen LogP contribution is -2.47. The molecule has 0 aliphatic carbocycles. The first-order valence-electron chi connectivity index (χ1n) is 12.8. The molecule has 2 heterocycles. The van der Waals surface area contributed by atoms with Gasteiger partial charge in [0.1, 0.15) is 31.8 Å². The summed E-state index contributed by atoms with van der Waals surface area (Å²) < 4.78 is 41.9. The van der Waals surface area contributed by atoms with Gasteiger partial charge in [0.25, 0.3) is 5.56 Å². The summed E-state index contributed by atoms with van der Waals surface area (Å²) in [6.07, 6.45) is -3.24. The zero-order valence-electron chi connectivity index (χ0n) is 22.5. The van der Waals surface area contributed by atoms with Crippen molar-refractivity contribution >= 4 is 12.1 Å². The molecule has 1 amide bonds. The number of esters is 1. The van der Waals surface area contributed by atoms with Crippen molar-refractivity contribution < 1.29 is 42.8 Å². The number of hydrogen-bond acceptors (Lipinski definition) is 10. The normalized spacial score (nSPS) is 19.4. The Labute approximate surface area is 229 Å². The van der Waals surface area contributed by atoms with Crippen LogP contribution in [0.4, 0.5) is 9.18 Å². The van der Waals surface area contributed by atoms with Gasteiger partial charge in [-0.3, -0.25) is 9.36 Å². The van der Waals surface area contributed by atoms with Gasteiger partial charge < -0.3 is 34.1 Å². The summed E-state index contributed by atoms with van der Waals surface area (Å²) in [4.78, 5) is 50.4. The third-order valence-corrected chi connectivity index (χ3v) is 6.06. The van der Waals surface area contributed by atoms with Crippen LogP contribution in [0.1, 0.15) is 39.0 Å². The number of nitrogens with zero attached hydrogens (tertiary/aromatic N) is 2. The number of nitrogens with one attached hydrogen (secondary N) is 1. The highest BCUT2D eigenvalue weighted by Gasteiger charge is 2.36. The third kappa shape index (κ3) is 8.21. The van der Waals surface area contributed by atoms with Crippen molar-refractivity contribution in [3.8, 4) is 0 Å². The van der Waals surface area contributed by atoms with Crippen LogP contribution in [-0.4, -0.2) is 64.6 Å². The van der Waals surface area contributed by atoms with Crippen molar-refractivity contribution in [2.24, 2.45) is 5.92 Å². The summed E-state index contributed by atoms with van der Waals surface area (Å²) in [6.45, 7) is 4.50. The second-order valence-corrected chi connectivity index (χ2v) is 9.33. The second kappa shape index (κ2) is 14.7. The van der Waals surface area contributed by atoms with Crippen LogP contribution in [0.5, 0.6) is 0 Å². The summed E-state index contributed by atoms with van der Waals surface area (Å²) in [5, 5.41) is 12.7. The van der Waals surface area contributed by atoms with Crippen molar-refractivity contribution in [2.75, 3.05) is 20.0 Å². The molecule has 1 aromatic heterocycles.